The normalized spacial score (nSPS) is 23.5. The van der Waals surface area contributed by atoms with E-state index in [1.165, 1.54) is 19.3 Å². The summed E-state index contributed by atoms with van der Waals surface area (Å²) in [5, 5.41) is 4.22. The fraction of sp³-hybridized carbons (Fsp3) is 0.647. The van der Waals surface area contributed by atoms with Gasteiger partial charge in [0.2, 0.25) is 5.91 Å². The molecule has 3 aliphatic rings. The first-order chi connectivity index (χ1) is 11.8. The maximum atomic E-state index is 12.9. The summed E-state index contributed by atoms with van der Waals surface area (Å²) in [6.45, 7) is 1.96. The number of aromatic nitrogens is 4. The zero-order valence-corrected chi connectivity index (χ0v) is 13.6. The average molecular weight is 327 g/mol. The van der Waals surface area contributed by atoms with Crippen LogP contribution in [-0.2, 0) is 30.7 Å². The van der Waals surface area contributed by atoms with E-state index in [4.69, 9.17) is 9.40 Å². The van der Waals surface area contributed by atoms with E-state index in [2.05, 4.69) is 10.1 Å². The van der Waals surface area contributed by atoms with E-state index in [9.17, 15) is 4.79 Å². The number of carbonyl (C=O) groups excluding carboxylic acids is 1. The van der Waals surface area contributed by atoms with Crippen LogP contribution in [0.3, 0.4) is 0 Å². The molecule has 0 aromatic carbocycles. The molecule has 1 unspecified atom stereocenters. The Morgan fingerprint density at radius 1 is 1.25 bits per heavy atom. The monoisotopic (exact) mass is 327 g/mol. The highest BCUT2D eigenvalue weighted by molar-refractivity contribution is 5.79. The molecule has 2 aromatic heterocycles. The van der Waals surface area contributed by atoms with Crippen molar-refractivity contribution in [3.8, 4) is 0 Å². The first-order valence-corrected chi connectivity index (χ1v) is 8.92. The topological polar surface area (TPSA) is 77.0 Å². The highest BCUT2D eigenvalue weighted by Gasteiger charge is 2.34. The van der Waals surface area contributed by atoms with Gasteiger partial charge in [0.1, 0.15) is 23.6 Å². The summed E-state index contributed by atoms with van der Waals surface area (Å²) in [6.07, 6.45) is 7.68. The molecule has 2 aromatic rings. The second kappa shape index (κ2) is 5.43. The van der Waals surface area contributed by atoms with Crippen molar-refractivity contribution in [3.05, 3.63) is 29.5 Å². The van der Waals surface area contributed by atoms with Crippen LogP contribution in [-0.4, -0.2) is 37.1 Å². The zero-order chi connectivity index (χ0) is 16.1. The van der Waals surface area contributed by atoms with Crippen LogP contribution in [0.2, 0.25) is 0 Å². The molecule has 1 saturated carbocycles. The summed E-state index contributed by atoms with van der Waals surface area (Å²) < 4.78 is 7.82. The van der Waals surface area contributed by atoms with Crippen LogP contribution >= 0.6 is 0 Å². The molecule has 5 rings (SSSR count). The zero-order valence-electron chi connectivity index (χ0n) is 13.6. The number of carbonyl (C=O) groups is 1. The molecule has 0 spiro atoms. The summed E-state index contributed by atoms with van der Waals surface area (Å²) in [6, 6.07) is 0. The Morgan fingerprint density at radius 2 is 2.17 bits per heavy atom. The molecule has 4 heterocycles. The van der Waals surface area contributed by atoms with E-state index in [0.717, 1.165) is 49.0 Å². The lowest BCUT2D eigenvalue weighted by molar-refractivity contribution is -0.137. The fourth-order valence-corrected chi connectivity index (χ4v) is 3.93. The van der Waals surface area contributed by atoms with Crippen molar-refractivity contribution >= 4 is 5.91 Å². The molecule has 126 valence electrons. The van der Waals surface area contributed by atoms with Crippen molar-refractivity contribution in [1.82, 2.24) is 24.6 Å². The fourth-order valence-electron chi connectivity index (χ4n) is 3.93. The van der Waals surface area contributed by atoms with Crippen molar-refractivity contribution in [3.63, 3.8) is 0 Å². The molecule has 1 aliphatic carbocycles. The molecule has 0 saturated heterocycles. The Balaban J connectivity index is 1.30. The van der Waals surface area contributed by atoms with Crippen molar-refractivity contribution in [2.75, 3.05) is 6.54 Å². The van der Waals surface area contributed by atoms with Gasteiger partial charge in [0.05, 0.1) is 19.0 Å². The second-order valence-corrected chi connectivity index (χ2v) is 7.15. The van der Waals surface area contributed by atoms with Crippen LogP contribution in [0.25, 0.3) is 0 Å². The quantitative estimate of drug-likeness (QED) is 0.839. The molecular formula is C17H21N5O2. The maximum absolute atomic E-state index is 12.9. The van der Waals surface area contributed by atoms with Gasteiger partial charge >= 0.3 is 0 Å². The van der Waals surface area contributed by atoms with E-state index in [-0.39, 0.29) is 11.8 Å². The highest BCUT2D eigenvalue weighted by atomic mass is 16.4. The van der Waals surface area contributed by atoms with Gasteiger partial charge in [0, 0.05) is 25.3 Å². The number of nitrogens with zero attached hydrogens (tertiary/aromatic N) is 5. The van der Waals surface area contributed by atoms with E-state index < -0.39 is 0 Å². The smallest absolute Gasteiger partial charge is 0.227 e. The van der Waals surface area contributed by atoms with Gasteiger partial charge < -0.3 is 9.32 Å². The molecular weight excluding hydrogens is 306 g/mol. The number of aryl methyl sites for hydroxylation is 1. The molecule has 0 radical (unpaired) electrons. The van der Waals surface area contributed by atoms with Gasteiger partial charge in [0.15, 0.2) is 5.89 Å². The molecule has 1 atom stereocenters. The van der Waals surface area contributed by atoms with Crippen LogP contribution < -0.4 is 0 Å². The van der Waals surface area contributed by atoms with E-state index >= 15 is 0 Å². The van der Waals surface area contributed by atoms with E-state index in [1.807, 2.05) is 9.58 Å². The van der Waals surface area contributed by atoms with Gasteiger partial charge in [-0.1, -0.05) is 6.42 Å². The molecule has 1 fully saturated rings. The number of oxazole rings is 1. The summed E-state index contributed by atoms with van der Waals surface area (Å²) in [4.78, 5) is 23.8. The summed E-state index contributed by atoms with van der Waals surface area (Å²) >= 11 is 0. The van der Waals surface area contributed by atoms with Crippen molar-refractivity contribution in [2.45, 2.75) is 57.5 Å². The van der Waals surface area contributed by atoms with Crippen LogP contribution in [0.15, 0.2) is 10.7 Å². The standard InChI is InChI=1S/C17H21N5O2/c23-17(12-4-5-15-18-10-19-22(15)8-12)21-7-6-14-13(9-21)20-16(24-14)11-2-1-3-11/h10-12H,1-9H2. The van der Waals surface area contributed by atoms with Gasteiger partial charge in [-0.05, 0) is 19.3 Å². The SMILES string of the molecule is O=C(C1CCc2ncnn2C1)N1CCc2oc(C3CCC3)nc2C1. The highest BCUT2D eigenvalue weighted by Crippen LogP contribution is 2.37. The first-order valence-electron chi connectivity index (χ1n) is 8.92. The third-order valence-electron chi connectivity index (χ3n) is 5.66. The Labute approximate surface area is 140 Å². The van der Waals surface area contributed by atoms with E-state index in [0.29, 0.717) is 19.0 Å². The predicted molar refractivity (Wildman–Crippen MR) is 84.0 cm³/mol. The Kier molecular flexibility index (Phi) is 3.21. The van der Waals surface area contributed by atoms with Crippen molar-refractivity contribution in [1.29, 1.82) is 0 Å². The lowest BCUT2D eigenvalue weighted by atomic mass is 9.85. The molecule has 2 aliphatic heterocycles. The maximum Gasteiger partial charge on any atom is 0.227 e. The number of rotatable bonds is 2. The molecule has 0 bridgehead atoms. The predicted octanol–water partition coefficient (Wildman–Crippen LogP) is 1.68. The van der Waals surface area contributed by atoms with Crippen molar-refractivity contribution in [2.24, 2.45) is 5.92 Å². The average Bonchev–Trinajstić information content (AvgIpc) is 3.17. The molecule has 0 N–H and O–H groups in total. The third kappa shape index (κ3) is 2.25. The van der Waals surface area contributed by atoms with Crippen LogP contribution in [0.5, 0.6) is 0 Å². The number of fused-ring (bicyclic) bond motifs is 2. The number of amides is 1. The lowest BCUT2D eigenvalue weighted by Gasteiger charge is -2.31. The van der Waals surface area contributed by atoms with Crippen molar-refractivity contribution < 1.29 is 9.21 Å². The minimum atomic E-state index is -0.00115. The summed E-state index contributed by atoms with van der Waals surface area (Å²) in [7, 11) is 0. The molecule has 7 nitrogen and oxygen atoms in total. The lowest BCUT2D eigenvalue weighted by Crippen LogP contribution is -2.42. The molecule has 7 heteroatoms. The van der Waals surface area contributed by atoms with Gasteiger partial charge in [-0.25, -0.2) is 14.6 Å². The Hall–Kier alpha value is -2.18. The van der Waals surface area contributed by atoms with Gasteiger partial charge in [-0.15, -0.1) is 0 Å². The first kappa shape index (κ1) is 14.2. The molecule has 1 amide bonds. The van der Waals surface area contributed by atoms with E-state index in [1.54, 1.807) is 6.33 Å². The van der Waals surface area contributed by atoms with Crippen LogP contribution in [0.4, 0.5) is 0 Å². The Bertz CT molecular complexity index is 776. The minimum absolute atomic E-state index is 0.00115. The summed E-state index contributed by atoms with van der Waals surface area (Å²) in [5.41, 5.74) is 0.966. The van der Waals surface area contributed by atoms with Crippen LogP contribution in [0.1, 0.15) is 54.8 Å². The van der Waals surface area contributed by atoms with Gasteiger partial charge in [-0.3, -0.25) is 4.79 Å². The summed E-state index contributed by atoms with van der Waals surface area (Å²) in [5.74, 6) is 3.59. The Morgan fingerprint density at radius 3 is 3.00 bits per heavy atom. The number of hydrogen-bond acceptors (Lipinski definition) is 5. The van der Waals surface area contributed by atoms with Gasteiger partial charge in [-0.2, -0.15) is 5.10 Å². The minimum Gasteiger partial charge on any atom is -0.445 e. The third-order valence-corrected chi connectivity index (χ3v) is 5.66. The molecule has 24 heavy (non-hydrogen) atoms. The largest absolute Gasteiger partial charge is 0.445 e. The number of hydrogen-bond donors (Lipinski definition) is 0. The van der Waals surface area contributed by atoms with Crippen LogP contribution in [0, 0.1) is 5.92 Å². The van der Waals surface area contributed by atoms with Gasteiger partial charge in [0.25, 0.3) is 0 Å². The second-order valence-electron chi connectivity index (χ2n) is 7.15.